The lowest BCUT2D eigenvalue weighted by Gasteiger charge is -2.34. The van der Waals surface area contributed by atoms with Crippen molar-refractivity contribution in [3.8, 4) is 0 Å². The summed E-state index contributed by atoms with van der Waals surface area (Å²) in [5.41, 5.74) is 0. The number of hydrogen-bond acceptors (Lipinski definition) is 5. The van der Waals surface area contributed by atoms with Crippen LogP contribution in [0.3, 0.4) is 0 Å². The standard InChI is InChI=1S/C8H14O5S/c1-2-3-8(9)13-7-4-5-12-14(10,11)6-7/h2-3,7,10-11H,4-6H2,1H3. The number of carbonyl (C=O) groups excluding carboxylic acids is 1. The molecule has 1 unspecified atom stereocenters. The molecule has 0 bridgehead atoms. The molecule has 2 N–H and O–H groups in total. The second-order valence-electron chi connectivity index (χ2n) is 2.94. The summed E-state index contributed by atoms with van der Waals surface area (Å²) in [5, 5.41) is 0. The van der Waals surface area contributed by atoms with Crippen molar-refractivity contribution in [3.05, 3.63) is 12.2 Å². The zero-order valence-corrected chi connectivity index (χ0v) is 8.70. The Kier molecular flexibility index (Phi) is 3.94. The first-order valence-electron chi connectivity index (χ1n) is 4.27. The lowest BCUT2D eigenvalue weighted by Crippen LogP contribution is -2.31. The van der Waals surface area contributed by atoms with E-state index in [4.69, 9.17) is 8.92 Å². The van der Waals surface area contributed by atoms with Gasteiger partial charge in [0.1, 0.15) is 6.10 Å². The van der Waals surface area contributed by atoms with Crippen LogP contribution in [0.1, 0.15) is 13.3 Å². The molecule has 1 aliphatic heterocycles. The van der Waals surface area contributed by atoms with Gasteiger partial charge in [-0.1, -0.05) is 6.08 Å². The molecule has 1 rings (SSSR count). The zero-order chi connectivity index (χ0) is 10.6. The third-order valence-electron chi connectivity index (χ3n) is 1.70. The monoisotopic (exact) mass is 222 g/mol. The molecule has 1 saturated heterocycles. The van der Waals surface area contributed by atoms with Gasteiger partial charge in [0.05, 0.1) is 23.2 Å². The molecule has 0 amide bonds. The average molecular weight is 222 g/mol. The summed E-state index contributed by atoms with van der Waals surface area (Å²) in [7, 11) is -2.99. The minimum absolute atomic E-state index is 0.0315. The van der Waals surface area contributed by atoms with Crippen LogP contribution >= 0.6 is 10.9 Å². The molecule has 6 heteroatoms. The number of hydrogen-bond donors (Lipinski definition) is 2. The lowest BCUT2D eigenvalue weighted by atomic mass is 10.3. The Bertz CT molecular complexity index is 238. The summed E-state index contributed by atoms with van der Waals surface area (Å²) in [4.78, 5) is 11.0. The zero-order valence-electron chi connectivity index (χ0n) is 7.88. The fraction of sp³-hybridized carbons (Fsp3) is 0.625. The Morgan fingerprint density at radius 2 is 2.36 bits per heavy atom. The summed E-state index contributed by atoms with van der Waals surface area (Å²) in [6.07, 6.45) is 2.90. The molecular formula is C8H14O5S. The number of rotatable bonds is 2. The molecule has 1 aliphatic rings. The average Bonchev–Trinajstić information content (AvgIpc) is 2.02. The fourth-order valence-electron chi connectivity index (χ4n) is 1.12. The fourth-order valence-corrected chi connectivity index (χ4v) is 2.30. The van der Waals surface area contributed by atoms with Crippen LogP contribution in [0.5, 0.6) is 0 Å². The van der Waals surface area contributed by atoms with E-state index in [-0.39, 0.29) is 12.4 Å². The third kappa shape index (κ3) is 3.67. The highest BCUT2D eigenvalue weighted by Crippen LogP contribution is 2.44. The molecule has 5 nitrogen and oxygen atoms in total. The topological polar surface area (TPSA) is 76.0 Å². The van der Waals surface area contributed by atoms with Crippen LogP contribution in [0, 0.1) is 0 Å². The van der Waals surface area contributed by atoms with E-state index in [0.717, 1.165) is 0 Å². The molecule has 0 aromatic heterocycles. The van der Waals surface area contributed by atoms with Crippen molar-refractivity contribution in [1.29, 1.82) is 0 Å². The molecule has 0 spiro atoms. The van der Waals surface area contributed by atoms with Crippen LogP contribution in [-0.2, 0) is 13.7 Å². The van der Waals surface area contributed by atoms with E-state index >= 15 is 0 Å². The maximum absolute atomic E-state index is 11.0. The van der Waals surface area contributed by atoms with E-state index in [2.05, 4.69) is 0 Å². The van der Waals surface area contributed by atoms with Crippen molar-refractivity contribution < 1.29 is 22.8 Å². The molecule has 1 fully saturated rings. The Morgan fingerprint density at radius 1 is 1.64 bits per heavy atom. The van der Waals surface area contributed by atoms with Crippen LogP contribution in [0.15, 0.2) is 12.2 Å². The van der Waals surface area contributed by atoms with Crippen LogP contribution < -0.4 is 0 Å². The van der Waals surface area contributed by atoms with Crippen molar-refractivity contribution in [2.45, 2.75) is 19.4 Å². The first-order valence-corrected chi connectivity index (χ1v) is 5.91. The first kappa shape index (κ1) is 11.5. The molecule has 14 heavy (non-hydrogen) atoms. The van der Waals surface area contributed by atoms with Gasteiger partial charge in [-0.15, -0.1) is 0 Å². The number of ether oxygens (including phenoxy) is 1. The maximum Gasteiger partial charge on any atom is 0.330 e. The quantitative estimate of drug-likeness (QED) is 0.547. The molecule has 1 atom stereocenters. The van der Waals surface area contributed by atoms with Gasteiger partial charge in [-0.2, -0.15) is 0 Å². The van der Waals surface area contributed by atoms with Crippen LogP contribution in [0.4, 0.5) is 0 Å². The van der Waals surface area contributed by atoms with Gasteiger partial charge in [-0.3, -0.25) is 4.18 Å². The van der Waals surface area contributed by atoms with Gasteiger partial charge >= 0.3 is 5.97 Å². The van der Waals surface area contributed by atoms with E-state index in [1.54, 1.807) is 13.0 Å². The van der Waals surface area contributed by atoms with E-state index in [9.17, 15) is 13.9 Å². The molecule has 82 valence electrons. The summed E-state index contributed by atoms with van der Waals surface area (Å²) < 4.78 is 28.1. The van der Waals surface area contributed by atoms with Crippen LogP contribution in [-0.4, -0.2) is 33.5 Å². The number of allylic oxidation sites excluding steroid dienone is 1. The Labute approximate surface area is 84.3 Å². The third-order valence-corrected chi connectivity index (χ3v) is 3.05. The molecule has 0 aliphatic carbocycles. The second kappa shape index (κ2) is 4.79. The van der Waals surface area contributed by atoms with Gasteiger partial charge in [0.25, 0.3) is 0 Å². The van der Waals surface area contributed by atoms with Crippen molar-refractivity contribution in [2.75, 3.05) is 12.4 Å². The molecule has 0 saturated carbocycles. The van der Waals surface area contributed by atoms with Gasteiger partial charge in [0.2, 0.25) is 0 Å². The number of esters is 1. The minimum atomic E-state index is -2.99. The summed E-state index contributed by atoms with van der Waals surface area (Å²) in [6, 6.07) is 0. The van der Waals surface area contributed by atoms with Crippen molar-refractivity contribution in [3.63, 3.8) is 0 Å². The van der Waals surface area contributed by atoms with E-state index in [1.165, 1.54) is 6.08 Å². The highest BCUT2D eigenvalue weighted by Gasteiger charge is 2.31. The first-order chi connectivity index (χ1) is 6.53. The van der Waals surface area contributed by atoms with Gasteiger partial charge in [0.15, 0.2) is 0 Å². The minimum Gasteiger partial charge on any atom is -0.458 e. The summed E-state index contributed by atoms with van der Waals surface area (Å²) in [6.45, 7) is 1.91. The summed E-state index contributed by atoms with van der Waals surface area (Å²) >= 11 is 0. The lowest BCUT2D eigenvalue weighted by molar-refractivity contribution is -0.143. The van der Waals surface area contributed by atoms with Crippen molar-refractivity contribution >= 4 is 16.8 Å². The normalized spacial score (nSPS) is 28.6. The molecule has 0 aromatic rings. The van der Waals surface area contributed by atoms with Gasteiger partial charge in [-0.25, -0.2) is 4.79 Å². The Balaban J connectivity index is 2.42. The molecule has 1 heterocycles. The van der Waals surface area contributed by atoms with Crippen molar-refractivity contribution in [1.82, 2.24) is 0 Å². The number of carbonyl (C=O) groups is 1. The summed E-state index contributed by atoms with van der Waals surface area (Å²) in [5.74, 6) is -0.495. The van der Waals surface area contributed by atoms with E-state index in [1.807, 2.05) is 0 Å². The van der Waals surface area contributed by atoms with Crippen LogP contribution in [0.2, 0.25) is 0 Å². The van der Waals surface area contributed by atoms with E-state index in [0.29, 0.717) is 6.42 Å². The predicted octanol–water partition coefficient (Wildman–Crippen LogP) is 1.56. The second-order valence-corrected chi connectivity index (χ2v) is 4.73. The highest BCUT2D eigenvalue weighted by molar-refractivity contribution is 8.20. The largest absolute Gasteiger partial charge is 0.458 e. The van der Waals surface area contributed by atoms with Gasteiger partial charge in [0, 0.05) is 12.5 Å². The van der Waals surface area contributed by atoms with Crippen molar-refractivity contribution in [2.24, 2.45) is 0 Å². The molecule has 0 radical (unpaired) electrons. The molecular weight excluding hydrogens is 208 g/mol. The smallest absolute Gasteiger partial charge is 0.330 e. The Morgan fingerprint density at radius 3 is 2.93 bits per heavy atom. The predicted molar refractivity (Wildman–Crippen MR) is 53.0 cm³/mol. The van der Waals surface area contributed by atoms with Gasteiger partial charge in [-0.05, 0) is 6.92 Å². The highest BCUT2D eigenvalue weighted by atomic mass is 32.3. The SMILES string of the molecule is CC=CC(=O)OC1CCOS(O)(O)C1. The van der Waals surface area contributed by atoms with E-state index < -0.39 is 22.9 Å². The maximum atomic E-state index is 11.0. The van der Waals surface area contributed by atoms with Crippen LogP contribution in [0.25, 0.3) is 0 Å². The Hall–Kier alpha value is -0.560. The molecule has 0 aromatic carbocycles. The van der Waals surface area contributed by atoms with Gasteiger partial charge < -0.3 is 13.8 Å².